The van der Waals surface area contributed by atoms with Gasteiger partial charge in [-0.3, -0.25) is 4.79 Å². The second-order valence-electron chi connectivity index (χ2n) is 5.44. The van der Waals surface area contributed by atoms with Crippen molar-refractivity contribution in [1.82, 2.24) is 0 Å². The van der Waals surface area contributed by atoms with Gasteiger partial charge in [0, 0.05) is 25.8 Å². The summed E-state index contributed by atoms with van der Waals surface area (Å²) in [5.74, 6) is -0.673. The Morgan fingerprint density at radius 1 is 0.789 bits per heavy atom. The van der Waals surface area contributed by atoms with Gasteiger partial charge < -0.3 is 5.11 Å². The van der Waals surface area contributed by atoms with Crippen LogP contribution >= 0.6 is 0 Å². The number of unbranched alkanes of at least 4 members (excludes halogenated alkanes) is 8. The van der Waals surface area contributed by atoms with E-state index >= 15 is 0 Å². The van der Waals surface area contributed by atoms with E-state index in [9.17, 15) is 9.90 Å². The number of hydrogen-bond donors (Lipinski definition) is 1. The van der Waals surface area contributed by atoms with E-state index < -0.39 is 5.97 Å². The minimum Gasteiger partial charge on any atom is -0.481 e. The van der Waals surface area contributed by atoms with E-state index in [1.54, 1.807) is 0 Å². The monoisotopic (exact) mass is 371 g/mol. The summed E-state index contributed by atoms with van der Waals surface area (Å²) in [6.45, 7) is 4.40. The van der Waals surface area contributed by atoms with Crippen LogP contribution in [0.15, 0.2) is 0 Å². The van der Waals surface area contributed by atoms with Crippen molar-refractivity contribution in [3.63, 3.8) is 0 Å². The molecule has 1 atom stereocenters. The van der Waals surface area contributed by atoms with Gasteiger partial charge in [-0.15, -0.1) is 0 Å². The maximum absolute atomic E-state index is 11.1. The molecule has 3 heteroatoms. The van der Waals surface area contributed by atoms with Gasteiger partial charge in [-0.25, -0.2) is 0 Å². The van der Waals surface area contributed by atoms with Crippen LogP contribution in [0.2, 0.25) is 0 Å². The molecule has 0 saturated carbocycles. The zero-order chi connectivity index (χ0) is 13.6. The van der Waals surface area contributed by atoms with Crippen LogP contribution in [0.25, 0.3) is 0 Å². The number of carbonyl (C=O) groups is 1. The molecule has 3 radical (unpaired) electrons. The van der Waals surface area contributed by atoms with Crippen molar-refractivity contribution in [2.24, 2.45) is 5.92 Å². The molecule has 0 aliphatic heterocycles. The second kappa shape index (κ2) is 16.4. The number of hydrogen-bond acceptors (Lipinski definition) is 1. The largest absolute Gasteiger partial charge is 0.481 e. The molecule has 1 N–H and O–H groups in total. The fourth-order valence-corrected chi connectivity index (χ4v) is 2.38. The normalized spacial score (nSPS) is 11.9. The third-order valence-corrected chi connectivity index (χ3v) is 3.66. The summed E-state index contributed by atoms with van der Waals surface area (Å²) in [6.07, 6.45) is 14.0. The fourth-order valence-electron chi connectivity index (χ4n) is 2.38. The molecule has 0 spiro atoms. The third-order valence-electron chi connectivity index (χ3n) is 3.66. The Morgan fingerprint density at radius 2 is 1.16 bits per heavy atom. The third kappa shape index (κ3) is 14.6. The smallest absolute Gasteiger partial charge is 0.306 e. The van der Waals surface area contributed by atoms with Gasteiger partial charge in [0.1, 0.15) is 0 Å². The van der Waals surface area contributed by atoms with E-state index in [1.807, 2.05) is 0 Å². The SMILES string of the molecule is CCCCCCCCC(CCCCCC)C(=O)O.[In]. The van der Waals surface area contributed by atoms with Crippen molar-refractivity contribution in [2.45, 2.75) is 90.9 Å². The molecular formula is C16H32InO2. The molecule has 111 valence electrons. The van der Waals surface area contributed by atoms with Gasteiger partial charge in [0.05, 0.1) is 5.92 Å². The van der Waals surface area contributed by atoms with Crippen LogP contribution in [0.1, 0.15) is 90.9 Å². The molecule has 0 heterocycles. The van der Waals surface area contributed by atoms with E-state index in [2.05, 4.69) is 13.8 Å². The quantitative estimate of drug-likeness (QED) is 0.461. The molecular weight excluding hydrogens is 339 g/mol. The predicted octanol–water partition coefficient (Wildman–Crippen LogP) is 5.03. The molecule has 19 heavy (non-hydrogen) atoms. The maximum Gasteiger partial charge on any atom is 0.306 e. The molecule has 0 aromatic rings. The molecule has 0 aliphatic carbocycles. The van der Waals surface area contributed by atoms with E-state index in [0.29, 0.717) is 0 Å². The maximum atomic E-state index is 11.1. The summed E-state index contributed by atoms with van der Waals surface area (Å²) < 4.78 is 0. The van der Waals surface area contributed by atoms with Crippen LogP contribution in [0.4, 0.5) is 0 Å². The van der Waals surface area contributed by atoms with Crippen molar-refractivity contribution in [1.29, 1.82) is 0 Å². The minimum atomic E-state index is -0.583. The molecule has 0 aromatic carbocycles. The average Bonchev–Trinajstić information content (AvgIpc) is 2.35. The molecule has 0 fully saturated rings. The topological polar surface area (TPSA) is 37.3 Å². The molecule has 0 aromatic heterocycles. The zero-order valence-corrected chi connectivity index (χ0v) is 16.3. The van der Waals surface area contributed by atoms with Crippen LogP contribution in [0, 0.1) is 5.92 Å². The number of rotatable bonds is 13. The Kier molecular flexibility index (Phi) is 18.7. The Labute approximate surface area is 138 Å². The van der Waals surface area contributed by atoms with E-state index in [-0.39, 0.29) is 31.8 Å². The van der Waals surface area contributed by atoms with Crippen LogP contribution < -0.4 is 0 Å². The Bertz CT molecular complexity index is 195. The Balaban J connectivity index is 0. The van der Waals surface area contributed by atoms with Crippen molar-refractivity contribution in [2.75, 3.05) is 0 Å². The molecule has 0 saturated heterocycles. The number of aliphatic carboxylic acids is 1. The summed E-state index contributed by atoms with van der Waals surface area (Å²) in [4.78, 5) is 11.1. The molecule has 2 nitrogen and oxygen atoms in total. The predicted molar refractivity (Wildman–Crippen MR) is 83.6 cm³/mol. The fraction of sp³-hybridized carbons (Fsp3) is 0.938. The summed E-state index contributed by atoms with van der Waals surface area (Å²) in [5.41, 5.74) is 0. The van der Waals surface area contributed by atoms with Gasteiger partial charge in [0.15, 0.2) is 0 Å². The Hall–Kier alpha value is 0.340. The zero-order valence-electron chi connectivity index (χ0n) is 13.0. The van der Waals surface area contributed by atoms with Crippen LogP contribution in [-0.4, -0.2) is 36.9 Å². The first-order valence-electron chi connectivity index (χ1n) is 7.95. The van der Waals surface area contributed by atoms with Gasteiger partial charge in [0.25, 0.3) is 0 Å². The van der Waals surface area contributed by atoms with Crippen LogP contribution in [0.5, 0.6) is 0 Å². The van der Waals surface area contributed by atoms with Crippen molar-refractivity contribution in [3.05, 3.63) is 0 Å². The average molecular weight is 371 g/mol. The molecule has 0 aliphatic rings. The summed E-state index contributed by atoms with van der Waals surface area (Å²) in [5, 5.41) is 9.17. The van der Waals surface area contributed by atoms with Crippen molar-refractivity contribution < 1.29 is 9.90 Å². The first-order chi connectivity index (χ1) is 8.72. The summed E-state index contributed by atoms with van der Waals surface area (Å²) in [6, 6.07) is 0. The Morgan fingerprint density at radius 3 is 1.58 bits per heavy atom. The van der Waals surface area contributed by atoms with E-state index in [1.165, 1.54) is 51.4 Å². The summed E-state index contributed by atoms with van der Waals surface area (Å²) in [7, 11) is 0. The summed E-state index contributed by atoms with van der Waals surface area (Å²) >= 11 is 0. The standard InChI is InChI=1S/C16H32O2.In/c1-3-5-7-9-10-12-14-15(16(17)18)13-11-8-6-4-2;/h15H,3-14H2,1-2H3,(H,17,18);. The van der Waals surface area contributed by atoms with Crippen molar-refractivity contribution in [3.8, 4) is 0 Å². The van der Waals surface area contributed by atoms with E-state index in [0.717, 1.165) is 25.7 Å². The second-order valence-corrected chi connectivity index (χ2v) is 5.44. The molecule has 0 rings (SSSR count). The number of carboxylic acids is 1. The van der Waals surface area contributed by atoms with Gasteiger partial charge in [-0.05, 0) is 12.8 Å². The molecule has 0 bridgehead atoms. The van der Waals surface area contributed by atoms with Gasteiger partial charge in [-0.2, -0.15) is 0 Å². The van der Waals surface area contributed by atoms with Gasteiger partial charge in [0.2, 0.25) is 0 Å². The minimum absolute atomic E-state index is 0. The molecule has 1 unspecified atom stereocenters. The number of carboxylic acid groups (broad SMARTS) is 1. The van der Waals surface area contributed by atoms with Crippen LogP contribution in [-0.2, 0) is 4.79 Å². The molecule has 0 amide bonds. The first-order valence-corrected chi connectivity index (χ1v) is 7.95. The van der Waals surface area contributed by atoms with E-state index in [4.69, 9.17) is 0 Å². The van der Waals surface area contributed by atoms with Gasteiger partial charge >= 0.3 is 5.97 Å². The van der Waals surface area contributed by atoms with Crippen molar-refractivity contribution >= 4 is 31.8 Å². The van der Waals surface area contributed by atoms with Crippen LogP contribution in [0.3, 0.4) is 0 Å². The first kappa shape index (κ1) is 21.6. The van der Waals surface area contributed by atoms with Gasteiger partial charge in [-0.1, -0.05) is 78.1 Å².